The fraction of sp³-hybridized carbons (Fsp3) is 0.385. The smallest absolute Gasteiger partial charge is 0.141 e. The summed E-state index contributed by atoms with van der Waals surface area (Å²) in [6, 6.07) is 2.97. The zero-order valence-corrected chi connectivity index (χ0v) is 10.6. The highest BCUT2D eigenvalue weighted by molar-refractivity contribution is 5.29. The average molecular weight is 248 g/mol. The molecule has 2 heterocycles. The maximum atomic E-state index is 12.9. The Hall–Kier alpha value is -1.75. The van der Waals surface area contributed by atoms with E-state index in [4.69, 9.17) is 5.73 Å². The molecule has 0 radical (unpaired) electrons. The zero-order chi connectivity index (χ0) is 13.2. The molecule has 4 nitrogen and oxygen atoms in total. The number of nitrogens with two attached hydrogens (primary N) is 1. The summed E-state index contributed by atoms with van der Waals surface area (Å²) >= 11 is 0. The maximum absolute atomic E-state index is 12.9. The maximum Gasteiger partial charge on any atom is 0.141 e. The zero-order valence-electron chi connectivity index (χ0n) is 10.6. The van der Waals surface area contributed by atoms with E-state index < -0.39 is 5.54 Å². The molecule has 1 atom stereocenters. The largest absolute Gasteiger partial charge is 0.317 e. The first-order valence-corrected chi connectivity index (χ1v) is 5.98. The van der Waals surface area contributed by atoms with E-state index in [2.05, 4.69) is 17.0 Å². The van der Waals surface area contributed by atoms with Crippen molar-refractivity contribution in [1.29, 1.82) is 0 Å². The Labute approximate surface area is 106 Å². The predicted octanol–water partition coefficient (Wildman–Crippen LogP) is 2.05. The fourth-order valence-corrected chi connectivity index (χ4v) is 1.81. The molecule has 2 aromatic heterocycles. The SMILES string of the molecule is CCCn1cc(C(C)(N)c2ccc(F)cn2)cn1. The number of rotatable bonds is 4. The summed E-state index contributed by atoms with van der Waals surface area (Å²) in [6.45, 7) is 4.79. The van der Waals surface area contributed by atoms with Gasteiger partial charge in [-0.1, -0.05) is 6.92 Å². The van der Waals surface area contributed by atoms with Gasteiger partial charge in [-0.25, -0.2) is 4.39 Å². The molecule has 0 amide bonds. The lowest BCUT2D eigenvalue weighted by Gasteiger charge is -2.22. The van der Waals surface area contributed by atoms with Crippen LogP contribution in [0.15, 0.2) is 30.7 Å². The third-order valence-corrected chi connectivity index (χ3v) is 2.95. The topological polar surface area (TPSA) is 56.7 Å². The highest BCUT2D eigenvalue weighted by Gasteiger charge is 2.26. The monoisotopic (exact) mass is 248 g/mol. The van der Waals surface area contributed by atoms with E-state index in [1.54, 1.807) is 12.3 Å². The van der Waals surface area contributed by atoms with Crippen molar-refractivity contribution >= 4 is 0 Å². The van der Waals surface area contributed by atoms with Crippen LogP contribution in [0, 0.1) is 5.82 Å². The molecule has 2 aromatic rings. The number of hydrogen-bond acceptors (Lipinski definition) is 3. The lowest BCUT2D eigenvalue weighted by atomic mass is 9.92. The molecule has 0 aromatic carbocycles. The number of hydrogen-bond donors (Lipinski definition) is 1. The van der Waals surface area contributed by atoms with Crippen molar-refractivity contribution in [3.8, 4) is 0 Å². The van der Waals surface area contributed by atoms with Crippen LogP contribution in [0.25, 0.3) is 0 Å². The molecule has 0 saturated heterocycles. The molecule has 0 spiro atoms. The van der Waals surface area contributed by atoms with Crippen molar-refractivity contribution in [2.75, 3.05) is 0 Å². The first-order valence-electron chi connectivity index (χ1n) is 5.98. The number of halogens is 1. The highest BCUT2D eigenvalue weighted by Crippen LogP contribution is 2.24. The second-order valence-electron chi connectivity index (χ2n) is 4.56. The number of aryl methyl sites for hydroxylation is 1. The van der Waals surface area contributed by atoms with Crippen molar-refractivity contribution < 1.29 is 4.39 Å². The second-order valence-corrected chi connectivity index (χ2v) is 4.56. The minimum absolute atomic E-state index is 0.365. The molecule has 1 unspecified atom stereocenters. The summed E-state index contributed by atoms with van der Waals surface area (Å²) in [5, 5.41) is 4.25. The molecule has 2 N–H and O–H groups in total. The molecule has 0 aliphatic heterocycles. The summed E-state index contributed by atoms with van der Waals surface area (Å²) in [4.78, 5) is 4.04. The van der Waals surface area contributed by atoms with Crippen LogP contribution in [0.3, 0.4) is 0 Å². The molecule has 5 heteroatoms. The number of pyridine rings is 1. The molecular weight excluding hydrogens is 231 g/mol. The second kappa shape index (κ2) is 4.86. The van der Waals surface area contributed by atoms with Gasteiger partial charge in [0.25, 0.3) is 0 Å². The molecule has 0 bridgehead atoms. The van der Waals surface area contributed by atoms with Gasteiger partial charge < -0.3 is 5.73 Å². The van der Waals surface area contributed by atoms with Crippen LogP contribution >= 0.6 is 0 Å². The number of nitrogens with zero attached hydrogens (tertiary/aromatic N) is 3. The predicted molar refractivity (Wildman–Crippen MR) is 67.4 cm³/mol. The van der Waals surface area contributed by atoms with Crippen LogP contribution in [-0.4, -0.2) is 14.8 Å². The minimum Gasteiger partial charge on any atom is -0.317 e. The number of aromatic nitrogens is 3. The Bertz CT molecular complexity index is 516. The summed E-state index contributed by atoms with van der Waals surface area (Å²) in [5.74, 6) is -0.365. The molecule has 0 aliphatic carbocycles. The van der Waals surface area contributed by atoms with Crippen LogP contribution in [-0.2, 0) is 12.1 Å². The molecule has 0 saturated carbocycles. The van der Waals surface area contributed by atoms with Crippen molar-refractivity contribution in [2.45, 2.75) is 32.4 Å². The van der Waals surface area contributed by atoms with Gasteiger partial charge >= 0.3 is 0 Å². The van der Waals surface area contributed by atoms with E-state index in [0.29, 0.717) is 5.69 Å². The van der Waals surface area contributed by atoms with Crippen LogP contribution in [0.4, 0.5) is 4.39 Å². The lowest BCUT2D eigenvalue weighted by Crippen LogP contribution is -2.35. The van der Waals surface area contributed by atoms with Gasteiger partial charge in [0.2, 0.25) is 0 Å². The Kier molecular flexibility index (Phi) is 3.43. The molecule has 0 fully saturated rings. The van der Waals surface area contributed by atoms with Crippen LogP contribution < -0.4 is 5.73 Å². The first-order chi connectivity index (χ1) is 8.54. The van der Waals surface area contributed by atoms with Gasteiger partial charge in [0.05, 0.1) is 23.6 Å². The minimum atomic E-state index is -0.764. The molecular formula is C13H17FN4. The van der Waals surface area contributed by atoms with Crippen molar-refractivity contribution in [3.63, 3.8) is 0 Å². The van der Waals surface area contributed by atoms with Gasteiger partial charge in [-0.05, 0) is 25.5 Å². The fourth-order valence-electron chi connectivity index (χ4n) is 1.81. The molecule has 96 valence electrons. The van der Waals surface area contributed by atoms with Gasteiger partial charge in [-0.3, -0.25) is 9.67 Å². The highest BCUT2D eigenvalue weighted by atomic mass is 19.1. The summed E-state index contributed by atoms with van der Waals surface area (Å²) in [5.41, 5.74) is 7.01. The van der Waals surface area contributed by atoms with Crippen molar-refractivity contribution in [2.24, 2.45) is 5.73 Å². The van der Waals surface area contributed by atoms with Gasteiger partial charge in [0.15, 0.2) is 0 Å². The Morgan fingerprint density at radius 2 is 2.17 bits per heavy atom. The van der Waals surface area contributed by atoms with Gasteiger partial charge in [0.1, 0.15) is 5.82 Å². The average Bonchev–Trinajstić information content (AvgIpc) is 2.79. The Balaban J connectivity index is 2.31. The Morgan fingerprint density at radius 3 is 2.78 bits per heavy atom. The van der Waals surface area contributed by atoms with E-state index in [1.165, 1.54) is 12.3 Å². The van der Waals surface area contributed by atoms with Crippen molar-refractivity contribution in [1.82, 2.24) is 14.8 Å². The standard InChI is InChI=1S/C13H17FN4/c1-3-6-18-9-10(7-17-18)13(2,15)12-5-4-11(14)8-16-12/h4-5,7-9H,3,6,15H2,1-2H3. The van der Waals surface area contributed by atoms with Gasteiger partial charge in [-0.2, -0.15) is 5.10 Å². The summed E-state index contributed by atoms with van der Waals surface area (Å²) in [7, 11) is 0. The normalized spacial score (nSPS) is 14.4. The van der Waals surface area contributed by atoms with E-state index in [9.17, 15) is 4.39 Å². The van der Waals surface area contributed by atoms with Gasteiger partial charge in [-0.15, -0.1) is 0 Å². The lowest BCUT2D eigenvalue weighted by molar-refractivity contribution is 0.563. The van der Waals surface area contributed by atoms with Crippen molar-refractivity contribution in [3.05, 3.63) is 47.8 Å². The summed E-state index contributed by atoms with van der Waals surface area (Å²) < 4.78 is 14.7. The molecule has 2 rings (SSSR count). The van der Waals surface area contributed by atoms with E-state index >= 15 is 0 Å². The Morgan fingerprint density at radius 1 is 1.39 bits per heavy atom. The van der Waals surface area contributed by atoms with Gasteiger partial charge in [0, 0.05) is 18.3 Å². The first kappa shape index (κ1) is 12.7. The van der Waals surface area contributed by atoms with E-state index in [1.807, 2.05) is 17.8 Å². The van der Waals surface area contributed by atoms with Crippen LogP contribution in [0.1, 0.15) is 31.5 Å². The van der Waals surface area contributed by atoms with E-state index in [-0.39, 0.29) is 5.82 Å². The third-order valence-electron chi connectivity index (χ3n) is 2.95. The van der Waals surface area contributed by atoms with Crippen LogP contribution in [0.5, 0.6) is 0 Å². The third kappa shape index (κ3) is 2.41. The van der Waals surface area contributed by atoms with Crippen LogP contribution in [0.2, 0.25) is 0 Å². The summed E-state index contributed by atoms with van der Waals surface area (Å²) in [6.07, 6.45) is 5.84. The quantitative estimate of drug-likeness (QED) is 0.901. The molecule has 0 aliphatic rings. The molecule has 18 heavy (non-hydrogen) atoms. The van der Waals surface area contributed by atoms with E-state index in [0.717, 1.165) is 18.5 Å².